The van der Waals surface area contributed by atoms with Gasteiger partial charge < -0.3 is 19.1 Å². The molecule has 1 N–H and O–H groups in total. The van der Waals surface area contributed by atoms with E-state index in [0.29, 0.717) is 18.5 Å². The number of nitrogens with zero attached hydrogens (tertiary/aromatic N) is 1. The van der Waals surface area contributed by atoms with E-state index in [9.17, 15) is 13.2 Å². The number of hydrogen-bond donors (Lipinski definition) is 1. The minimum atomic E-state index is -3.87. The lowest BCUT2D eigenvalue weighted by molar-refractivity contribution is 0.0775. The number of fused-ring (bicyclic) bond motifs is 2. The van der Waals surface area contributed by atoms with Crippen LogP contribution in [0, 0.1) is 0 Å². The summed E-state index contributed by atoms with van der Waals surface area (Å²) in [5.41, 5.74) is 0.631. The summed E-state index contributed by atoms with van der Waals surface area (Å²) < 4.78 is 44.4. The maximum absolute atomic E-state index is 12.8. The van der Waals surface area contributed by atoms with Crippen LogP contribution in [0.1, 0.15) is 29.8 Å². The molecule has 2 aliphatic heterocycles. The van der Waals surface area contributed by atoms with E-state index in [0.717, 1.165) is 0 Å². The van der Waals surface area contributed by atoms with E-state index >= 15 is 0 Å². The molecule has 8 nitrogen and oxygen atoms in total. The molecule has 0 unspecified atom stereocenters. The number of ether oxygens (including phenoxy) is 3. The Morgan fingerprint density at radius 2 is 1.92 bits per heavy atom. The number of rotatable bonds is 4. The van der Waals surface area contributed by atoms with Crippen LogP contribution in [0.3, 0.4) is 0 Å². The van der Waals surface area contributed by atoms with Gasteiger partial charge in [-0.1, -0.05) is 0 Å². The van der Waals surface area contributed by atoms with Crippen molar-refractivity contribution in [2.24, 2.45) is 0 Å². The predicted molar refractivity (Wildman–Crippen MR) is 85.2 cm³/mol. The van der Waals surface area contributed by atoms with Gasteiger partial charge in [0.2, 0.25) is 22.6 Å². The molecule has 0 aromatic heterocycles. The molecule has 1 amide bonds. The van der Waals surface area contributed by atoms with Crippen molar-refractivity contribution in [3.8, 4) is 17.2 Å². The summed E-state index contributed by atoms with van der Waals surface area (Å²) in [5.74, 6) is 0.185. The molecule has 9 heteroatoms. The molecule has 2 aliphatic rings. The van der Waals surface area contributed by atoms with Crippen molar-refractivity contribution >= 4 is 15.9 Å². The van der Waals surface area contributed by atoms with Crippen LogP contribution >= 0.6 is 0 Å². The van der Waals surface area contributed by atoms with Crippen LogP contribution < -0.4 is 18.9 Å². The number of likely N-dealkylation sites (N-methyl/N-ethyl adjacent to an activating group) is 1. The molecule has 0 aliphatic carbocycles. The Morgan fingerprint density at radius 3 is 2.54 bits per heavy atom. The highest BCUT2D eigenvalue weighted by Crippen LogP contribution is 2.51. The highest BCUT2D eigenvalue weighted by molar-refractivity contribution is 7.89. The zero-order valence-corrected chi connectivity index (χ0v) is 14.8. The molecule has 2 heterocycles. The van der Waals surface area contributed by atoms with Crippen molar-refractivity contribution in [3.63, 3.8) is 0 Å². The highest BCUT2D eigenvalue weighted by atomic mass is 32.2. The molecular weight excluding hydrogens is 336 g/mol. The van der Waals surface area contributed by atoms with Gasteiger partial charge in [-0.25, -0.2) is 13.1 Å². The van der Waals surface area contributed by atoms with E-state index < -0.39 is 10.0 Å². The number of hydrogen-bond acceptors (Lipinski definition) is 6. The van der Waals surface area contributed by atoms with Gasteiger partial charge in [-0.3, -0.25) is 4.79 Å². The van der Waals surface area contributed by atoms with Gasteiger partial charge in [0.05, 0.1) is 12.7 Å². The molecule has 0 fully saturated rings. The normalized spacial score (nSPS) is 16.5. The summed E-state index contributed by atoms with van der Waals surface area (Å²) in [5, 5.41) is 0. The van der Waals surface area contributed by atoms with Crippen LogP contribution in [0.2, 0.25) is 0 Å². The fourth-order valence-electron chi connectivity index (χ4n) is 3.00. The third kappa shape index (κ3) is 2.48. The fourth-order valence-corrected chi connectivity index (χ4v) is 4.66. The molecular formula is C15H20N2O6S. The molecule has 1 aromatic rings. The number of carbonyl (C=O) groups is 1. The fraction of sp³-hybridized carbons (Fsp3) is 0.533. The maximum Gasteiger partial charge on any atom is 0.257 e. The topological polar surface area (TPSA) is 94.2 Å². The van der Waals surface area contributed by atoms with Crippen LogP contribution in [0.4, 0.5) is 0 Å². The van der Waals surface area contributed by atoms with Crippen LogP contribution in [0.5, 0.6) is 17.2 Å². The van der Waals surface area contributed by atoms with Crippen molar-refractivity contribution in [2.45, 2.75) is 31.2 Å². The third-order valence-electron chi connectivity index (χ3n) is 3.95. The van der Waals surface area contributed by atoms with E-state index in [2.05, 4.69) is 4.72 Å². The zero-order valence-electron chi connectivity index (χ0n) is 14.0. The van der Waals surface area contributed by atoms with Gasteiger partial charge in [-0.05, 0) is 25.8 Å². The van der Waals surface area contributed by atoms with Gasteiger partial charge in [-0.2, -0.15) is 0 Å². The van der Waals surface area contributed by atoms with Gasteiger partial charge in [0.15, 0.2) is 11.5 Å². The van der Waals surface area contributed by atoms with Crippen LogP contribution in [-0.4, -0.2) is 52.8 Å². The van der Waals surface area contributed by atoms with E-state index in [-0.39, 0.29) is 46.4 Å². The number of amides is 1. The first-order chi connectivity index (χ1) is 11.3. The lowest BCUT2D eigenvalue weighted by Crippen LogP contribution is -2.37. The van der Waals surface area contributed by atoms with E-state index in [1.165, 1.54) is 12.0 Å². The lowest BCUT2D eigenvalue weighted by Gasteiger charge is -2.28. The summed E-state index contributed by atoms with van der Waals surface area (Å²) in [4.78, 5) is 14.1. The average Bonchev–Trinajstić information content (AvgIpc) is 2.95. The lowest BCUT2D eigenvalue weighted by atomic mass is 9.97. The first-order valence-electron chi connectivity index (χ1n) is 7.58. The molecule has 0 saturated carbocycles. The van der Waals surface area contributed by atoms with Crippen LogP contribution in [0.25, 0.3) is 0 Å². The zero-order chi connectivity index (χ0) is 17.6. The Labute approximate surface area is 140 Å². The Kier molecular flexibility index (Phi) is 4.08. The molecule has 0 spiro atoms. The average molecular weight is 356 g/mol. The van der Waals surface area contributed by atoms with Crippen molar-refractivity contribution < 1.29 is 27.4 Å². The van der Waals surface area contributed by atoms with Gasteiger partial charge in [0.1, 0.15) is 4.90 Å². The van der Waals surface area contributed by atoms with E-state index in [4.69, 9.17) is 14.2 Å². The van der Waals surface area contributed by atoms with Crippen LogP contribution in [0.15, 0.2) is 4.90 Å². The van der Waals surface area contributed by atoms with Crippen molar-refractivity contribution in [1.29, 1.82) is 0 Å². The molecule has 0 bridgehead atoms. The second-order valence-corrected chi connectivity index (χ2v) is 7.68. The standard InChI is InChI=1S/C15H20N2O6S/c1-8(2)16-24(19,20)14-9-5-6-17(3)15(18)10(9)11(21-4)12-13(14)23-7-22-12/h8,16H,5-7H2,1-4H3. The Balaban J connectivity index is 2.35. The highest BCUT2D eigenvalue weighted by Gasteiger charge is 2.40. The van der Waals surface area contributed by atoms with E-state index in [1.807, 2.05) is 0 Å². The first-order valence-corrected chi connectivity index (χ1v) is 9.06. The van der Waals surface area contributed by atoms with Gasteiger partial charge in [0.25, 0.3) is 5.91 Å². The summed E-state index contributed by atoms with van der Waals surface area (Å²) in [6, 6.07) is -0.298. The van der Waals surface area contributed by atoms with Crippen LogP contribution in [-0.2, 0) is 16.4 Å². The molecule has 24 heavy (non-hydrogen) atoms. The molecule has 3 rings (SSSR count). The number of sulfonamides is 1. The second kappa shape index (κ2) is 5.82. The minimum Gasteiger partial charge on any atom is -0.492 e. The molecule has 1 aromatic carbocycles. The summed E-state index contributed by atoms with van der Waals surface area (Å²) in [7, 11) is -0.794. The monoisotopic (exact) mass is 356 g/mol. The van der Waals surface area contributed by atoms with Crippen molar-refractivity contribution in [2.75, 3.05) is 27.5 Å². The Morgan fingerprint density at radius 1 is 1.25 bits per heavy atom. The van der Waals surface area contributed by atoms with Gasteiger partial charge in [-0.15, -0.1) is 0 Å². The Hall–Kier alpha value is -2.00. The Bertz CT molecular complexity index is 803. The van der Waals surface area contributed by atoms with Gasteiger partial charge in [0, 0.05) is 19.6 Å². The van der Waals surface area contributed by atoms with Crippen molar-refractivity contribution in [3.05, 3.63) is 11.1 Å². The molecule has 0 atom stereocenters. The summed E-state index contributed by atoms with van der Waals surface area (Å²) in [6.45, 7) is 3.75. The number of methoxy groups -OCH3 is 1. The largest absolute Gasteiger partial charge is 0.492 e. The summed E-state index contributed by atoms with van der Waals surface area (Å²) in [6.07, 6.45) is 0.388. The second-order valence-electron chi connectivity index (χ2n) is 6.03. The van der Waals surface area contributed by atoms with Gasteiger partial charge >= 0.3 is 0 Å². The number of carbonyl (C=O) groups excluding carboxylic acids is 1. The van der Waals surface area contributed by atoms with E-state index in [1.54, 1.807) is 20.9 Å². The molecule has 0 saturated heterocycles. The predicted octanol–water partition coefficient (Wildman–Crippen LogP) is 0.739. The smallest absolute Gasteiger partial charge is 0.257 e. The van der Waals surface area contributed by atoms with Crippen molar-refractivity contribution in [1.82, 2.24) is 9.62 Å². The maximum atomic E-state index is 12.8. The summed E-state index contributed by atoms with van der Waals surface area (Å²) >= 11 is 0. The minimum absolute atomic E-state index is 0.0269. The number of nitrogens with one attached hydrogen (secondary N) is 1. The third-order valence-corrected chi connectivity index (χ3v) is 5.70. The molecule has 132 valence electrons. The first kappa shape index (κ1) is 16.8. The quantitative estimate of drug-likeness (QED) is 0.855. The molecule has 0 radical (unpaired) electrons. The number of benzene rings is 1. The SMILES string of the molecule is COc1c2c(c(S(=O)(=O)NC(C)C)c3c1C(=O)N(C)CC3)OCO2.